The molecular weight excluding hydrogens is 408 g/mol. The summed E-state index contributed by atoms with van der Waals surface area (Å²) in [6.07, 6.45) is 0.620. The number of fused-ring (bicyclic) bond motifs is 1. The molecule has 0 spiro atoms. The van der Waals surface area contributed by atoms with E-state index in [1.165, 1.54) is 4.31 Å². The third-order valence-electron chi connectivity index (χ3n) is 5.32. The van der Waals surface area contributed by atoms with Gasteiger partial charge in [0.25, 0.3) is 15.9 Å². The van der Waals surface area contributed by atoms with E-state index in [1.54, 1.807) is 13.0 Å². The number of nitrogens with one attached hydrogen (secondary N) is 1. The van der Waals surface area contributed by atoms with Crippen LogP contribution in [0.3, 0.4) is 0 Å². The first-order chi connectivity index (χ1) is 15.0. The number of para-hydroxylation sites is 1. The van der Waals surface area contributed by atoms with Gasteiger partial charge in [0.15, 0.2) is 4.91 Å². The van der Waals surface area contributed by atoms with Gasteiger partial charge in [0.1, 0.15) is 0 Å². The molecule has 0 radical (unpaired) electrons. The maximum Gasteiger partial charge on any atom is 0.270 e. The molecule has 0 unspecified atom stereocenters. The Morgan fingerprint density at radius 3 is 2.16 bits per heavy atom. The second kappa shape index (κ2) is 8.78. The van der Waals surface area contributed by atoms with E-state index in [0.717, 1.165) is 11.1 Å². The van der Waals surface area contributed by atoms with Crippen LogP contribution in [0.5, 0.6) is 0 Å². The molecule has 1 aliphatic rings. The molecule has 0 aliphatic carbocycles. The molecule has 1 heterocycles. The minimum atomic E-state index is -4.02. The van der Waals surface area contributed by atoms with E-state index in [0.29, 0.717) is 29.8 Å². The second-order valence-electron chi connectivity index (χ2n) is 7.25. The molecule has 0 fully saturated rings. The Hall–Kier alpha value is -3.38. The van der Waals surface area contributed by atoms with E-state index < -0.39 is 15.9 Å². The Kier molecular flexibility index (Phi) is 5.91. The Balaban J connectivity index is 1.80. The third kappa shape index (κ3) is 3.99. The molecule has 3 aromatic rings. The lowest BCUT2D eigenvalue weighted by molar-refractivity contribution is -0.116. The minimum absolute atomic E-state index is 0.202. The van der Waals surface area contributed by atoms with Crippen LogP contribution in [0.15, 0.2) is 89.8 Å². The predicted molar refractivity (Wildman–Crippen MR) is 124 cm³/mol. The largest absolute Gasteiger partial charge is 0.351 e. The Labute approximate surface area is 183 Å². The molecule has 1 N–H and O–H groups in total. The van der Waals surface area contributed by atoms with Crippen molar-refractivity contribution < 1.29 is 13.2 Å². The SMILES string of the molecule is CCN1c2ccccc2C(c2ccccc2)=C(C(=O)NCCc2ccccc2)S1(=O)=O. The van der Waals surface area contributed by atoms with Gasteiger partial charge in [-0.05, 0) is 30.5 Å². The lowest BCUT2D eigenvalue weighted by Gasteiger charge is -2.32. The number of amides is 1. The zero-order valence-electron chi connectivity index (χ0n) is 17.3. The summed E-state index contributed by atoms with van der Waals surface area (Å²) < 4.78 is 28.5. The van der Waals surface area contributed by atoms with Gasteiger partial charge in [-0.2, -0.15) is 0 Å². The average molecular weight is 433 g/mol. The Morgan fingerprint density at radius 2 is 1.48 bits per heavy atom. The number of rotatable bonds is 6. The molecule has 4 rings (SSSR count). The number of carbonyl (C=O) groups is 1. The van der Waals surface area contributed by atoms with Crippen LogP contribution < -0.4 is 9.62 Å². The quantitative estimate of drug-likeness (QED) is 0.641. The molecule has 1 aliphatic heterocycles. The highest BCUT2D eigenvalue weighted by Gasteiger charge is 2.40. The van der Waals surface area contributed by atoms with Crippen molar-refractivity contribution >= 4 is 27.2 Å². The van der Waals surface area contributed by atoms with Crippen LogP contribution in [0, 0.1) is 0 Å². The van der Waals surface area contributed by atoms with Crippen LogP contribution in [0.25, 0.3) is 5.57 Å². The molecule has 0 aromatic heterocycles. The number of hydrogen-bond donors (Lipinski definition) is 1. The van der Waals surface area contributed by atoms with Gasteiger partial charge < -0.3 is 5.32 Å². The number of sulfonamides is 1. The van der Waals surface area contributed by atoms with Crippen molar-refractivity contribution in [3.63, 3.8) is 0 Å². The molecule has 6 heteroatoms. The molecule has 0 saturated heterocycles. The monoisotopic (exact) mass is 432 g/mol. The zero-order chi connectivity index (χ0) is 21.8. The molecule has 158 valence electrons. The van der Waals surface area contributed by atoms with Crippen molar-refractivity contribution in [1.82, 2.24) is 5.32 Å². The third-order valence-corrected chi connectivity index (χ3v) is 7.26. The number of anilines is 1. The van der Waals surface area contributed by atoms with E-state index in [9.17, 15) is 13.2 Å². The minimum Gasteiger partial charge on any atom is -0.351 e. The van der Waals surface area contributed by atoms with Crippen LogP contribution in [0.2, 0.25) is 0 Å². The molecule has 0 atom stereocenters. The van der Waals surface area contributed by atoms with Gasteiger partial charge in [0.05, 0.1) is 5.69 Å². The number of carbonyl (C=O) groups excluding carboxylic acids is 1. The first-order valence-electron chi connectivity index (χ1n) is 10.3. The van der Waals surface area contributed by atoms with Crippen molar-refractivity contribution in [2.75, 3.05) is 17.4 Å². The molecule has 0 bridgehead atoms. The smallest absolute Gasteiger partial charge is 0.270 e. The zero-order valence-corrected chi connectivity index (χ0v) is 18.1. The number of benzene rings is 3. The van der Waals surface area contributed by atoms with Crippen LogP contribution in [0.1, 0.15) is 23.6 Å². The Bertz CT molecular complexity index is 1220. The standard InChI is InChI=1S/C25H24N2O3S/c1-2-27-22-16-10-9-15-21(22)23(20-13-7-4-8-14-20)24(31(27,29)30)25(28)26-18-17-19-11-5-3-6-12-19/h3-16H,2,17-18H2,1H3,(H,26,28). The summed E-state index contributed by atoms with van der Waals surface area (Å²) in [7, 11) is -4.02. The number of hydrogen-bond acceptors (Lipinski definition) is 3. The van der Waals surface area contributed by atoms with E-state index in [1.807, 2.05) is 78.9 Å². The summed E-state index contributed by atoms with van der Waals surface area (Å²) in [5.41, 5.74) is 3.54. The van der Waals surface area contributed by atoms with Gasteiger partial charge in [-0.1, -0.05) is 78.9 Å². The molecule has 31 heavy (non-hydrogen) atoms. The van der Waals surface area contributed by atoms with Crippen molar-refractivity contribution in [2.24, 2.45) is 0 Å². The van der Waals surface area contributed by atoms with Crippen LogP contribution >= 0.6 is 0 Å². The summed E-state index contributed by atoms with van der Waals surface area (Å²) in [5.74, 6) is -0.581. The van der Waals surface area contributed by atoms with E-state index in [-0.39, 0.29) is 11.4 Å². The molecule has 0 saturated carbocycles. The first-order valence-corrected chi connectivity index (χ1v) is 11.7. The maximum atomic E-state index is 13.6. The second-order valence-corrected chi connectivity index (χ2v) is 9.05. The summed E-state index contributed by atoms with van der Waals surface area (Å²) >= 11 is 0. The van der Waals surface area contributed by atoms with Gasteiger partial charge in [-0.25, -0.2) is 8.42 Å². The first kappa shape index (κ1) is 20.9. The van der Waals surface area contributed by atoms with E-state index in [2.05, 4.69) is 5.32 Å². The van der Waals surface area contributed by atoms with E-state index >= 15 is 0 Å². The molecule has 5 nitrogen and oxygen atoms in total. The van der Waals surface area contributed by atoms with E-state index in [4.69, 9.17) is 0 Å². The van der Waals surface area contributed by atoms with Crippen molar-refractivity contribution in [3.05, 3.63) is 107 Å². The highest BCUT2D eigenvalue weighted by atomic mass is 32.2. The highest BCUT2D eigenvalue weighted by Crippen LogP contribution is 2.42. The van der Waals surface area contributed by atoms with Crippen molar-refractivity contribution in [1.29, 1.82) is 0 Å². The van der Waals surface area contributed by atoms with Gasteiger partial charge in [-0.3, -0.25) is 9.10 Å². The summed E-state index contributed by atoms with van der Waals surface area (Å²) in [6, 6.07) is 26.3. The van der Waals surface area contributed by atoms with Crippen LogP contribution in [-0.4, -0.2) is 27.4 Å². The fourth-order valence-electron chi connectivity index (χ4n) is 3.90. The number of nitrogens with zero attached hydrogens (tertiary/aromatic N) is 1. The molecule has 3 aromatic carbocycles. The predicted octanol–water partition coefficient (Wildman–Crippen LogP) is 3.97. The molecular formula is C25H24N2O3S. The lowest BCUT2D eigenvalue weighted by Crippen LogP contribution is -2.41. The van der Waals surface area contributed by atoms with Crippen molar-refractivity contribution in [3.8, 4) is 0 Å². The van der Waals surface area contributed by atoms with Gasteiger partial charge >= 0.3 is 0 Å². The van der Waals surface area contributed by atoms with Crippen molar-refractivity contribution in [2.45, 2.75) is 13.3 Å². The Morgan fingerprint density at radius 1 is 0.871 bits per heavy atom. The maximum absolute atomic E-state index is 13.6. The van der Waals surface area contributed by atoms with Gasteiger partial charge in [-0.15, -0.1) is 0 Å². The lowest BCUT2D eigenvalue weighted by atomic mass is 9.95. The fraction of sp³-hybridized carbons (Fsp3) is 0.160. The molecule has 1 amide bonds. The summed E-state index contributed by atoms with van der Waals surface area (Å²) in [4.78, 5) is 13.1. The fourth-order valence-corrected chi connectivity index (χ4v) is 5.67. The van der Waals surface area contributed by atoms with Gasteiger partial charge in [0, 0.05) is 24.2 Å². The average Bonchev–Trinajstić information content (AvgIpc) is 2.79. The van der Waals surface area contributed by atoms with Crippen LogP contribution in [0.4, 0.5) is 5.69 Å². The summed E-state index contributed by atoms with van der Waals surface area (Å²) in [5, 5.41) is 2.83. The normalized spacial score (nSPS) is 14.8. The summed E-state index contributed by atoms with van der Waals surface area (Å²) in [6.45, 7) is 2.35. The topological polar surface area (TPSA) is 66.5 Å². The van der Waals surface area contributed by atoms with Crippen LogP contribution in [-0.2, 0) is 21.2 Å². The van der Waals surface area contributed by atoms with Gasteiger partial charge in [0.2, 0.25) is 0 Å². The highest BCUT2D eigenvalue weighted by molar-refractivity contribution is 7.97.